The maximum atomic E-state index is 10.9. The highest BCUT2D eigenvalue weighted by molar-refractivity contribution is 8.00. The monoisotopic (exact) mass is 414 g/mol. The number of nitrogens with one attached hydrogen (secondary N) is 2. The molecule has 0 radical (unpaired) electrons. The Hall–Kier alpha value is -0.260. The SMILES string of the molecule is CCCCCCCCCCCCCCCCCCNCC1N[C@H](C(=O)O)CS1. The number of unbranched alkanes of at least 4 members (excludes halogenated alkanes) is 15. The number of hydrogen-bond acceptors (Lipinski definition) is 4. The van der Waals surface area contributed by atoms with Gasteiger partial charge in [0.2, 0.25) is 0 Å². The molecule has 5 heteroatoms. The maximum Gasteiger partial charge on any atom is 0.321 e. The first-order valence-corrected chi connectivity index (χ1v) is 13.1. The third-order valence-electron chi connectivity index (χ3n) is 5.69. The van der Waals surface area contributed by atoms with Gasteiger partial charge in [-0.15, -0.1) is 11.8 Å². The highest BCUT2D eigenvalue weighted by Crippen LogP contribution is 2.18. The van der Waals surface area contributed by atoms with Crippen molar-refractivity contribution in [3.8, 4) is 0 Å². The Kier molecular flexibility index (Phi) is 17.3. The molecule has 4 nitrogen and oxygen atoms in total. The van der Waals surface area contributed by atoms with E-state index in [9.17, 15) is 4.79 Å². The fourth-order valence-electron chi connectivity index (χ4n) is 3.82. The van der Waals surface area contributed by atoms with Crippen LogP contribution in [0.1, 0.15) is 110 Å². The fourth-order valence-corrected chi connectivity index (χ4v) is 4.98. The Morgan fingerprint density at radius 1 is 0.857 bits per heavy atom. The highest BCUT2D eigenvalue weighted by atomic mass is 32.2. The van der Waals surface area contributed by atoms with Crippen LogP contribution in [0, 0.1) is 0 Å². The molecule has 0 amide bonds. The minimum Gasteiger partial charge on any atom is -0.480 e. The topological polar surface area (TPSA) is 61.4 Å². The van der Waals surface area contributed by atoms with Gasteiger partial charge in [0.1, 0.15) is 6.04 Å². The molecule has 0 saturated carbocycles. The summed E-state index contributed by atoms with van der Waals surface area (Å²) in [5, 5.41) is 15.8. The molecule has 1 rings (SSSR count). The zero-order valence-electron chi connectivity index (χ0n) is 18.4. The van der Waals surface area contributed by atoms with Gasteiger partial charge in [0.25, 0.3) is 0 Å². The zero-order chi connectivity index (χ0) is 20.3. The molecule has 28 heavy (non-hydrogen) atoms. The van der Waals surface area contributed by atoms with Gasteiger partial charge in [0, 0.05) is 12.3 Å². The van der Waals surface area contributed by atoms with E-state index in [0.29, 0.717) is 5.75 Å². The Morgan fingerprint density at radius 2 is 1.32 bits per heavy atom. The highest BCUT2D eigenvalue weighted by Gasteiger charge is 2.28. The molecule has 0 aromatic rings. The van der Waals surface area contributed by atoms with Crippen LogP contribution in [0.5, 0.6) is 0 Å². The van der Waals surface area contributed by atoms with Crippen LogP contribution in [-0.2, 0) is 4.79 Å². The second-order valence-corrected chi connectivity index (χ2v) is 9.62. The molecule has 1 aliphatic rings. The van der Waals surface area contributed by atoms with Gasteiger partial charge < -0.3 is 10.4 Å². The summed E-state index contributed by atoms with van der Waals surface area (Å²) in [5.74, 6) is -0.0476. The van der Waals surface area contributed by atoms with Gasteiger partial charge in [-0.3, -0.25) is 10.1 Å². The van der Waals surface area contributed by atoms with Gasteiger partial charge in [-0.1, -0.05) is 103 Å². The molecule has 0 aromatic carbocycles. The van der Waals surface area contributed by atoms with Gasteiger partial charge in [0.15, 0.2) is 0 Å². The zero-order valence-corrected chi connectivity index (χ0v) is 19.2. The van der Waals surface area contributed by atoms with Crippen molar-refractivity contribution in [2.75, 3.05) is 18.8 Å². The van der Waals surface area contributed by atoms with Crippen molar-refractivity contribution in [2.45, 2.75) is 121 Å². The summed E-state index contributed by atoms with van der Waals surface area (Å²) in [4.78, 5) is 10.9. The summed E-state index contributed by atoms with van der Waals surface area (Å²) in [6.07, 6.45) is 22.5. The van der Waals surface area contributed by atoms with Crippen molar-refractivity contribution < 1.29 is 9.90 Å². The average molecular weight is 415 g/mol. The largest absolute Gasteiger partial charge is 0.480 e. The lowest BCUT2D eigenvalue weighted by atomic mass is 10.0. The first-order chi connectivity index (χ1) is 13.7. The van der Waals surface area contributed by atoms with Gasteiger partial charge in [-0.05, 0) is 13.0 Å². The third-order valence-corrected chi connectivity index (χ3v) is 6.92. The predicted octanol–water partition coefficient (Wildman–Crippen LogP) is 5.95. The molecule has 0 bridgehead atoms. The van der Waals surface area contributed by atoms with E-state index in [4.69, 9.17) is 5.11 Å². The van der Waals surface area contributed by atoms with E-state index in [0.717, 1.165) is 13.1 Å². The average Bonchev–Trinajstić information content (AvgIpc) is 3.16. The van der Waals surface area contributed by atoms with Crippen molar-refractivity contribution in [3.05, 3.63) is 0 Å². The molecule has 2 atom stereocenters. The molecule has 1 aliphatic heterocycles. The van der Waals surface area contributed by atoms with Crippen LogP contribution in [0.4, 0.5) is 0 Å². The molecule has 0 aromatic heterocycles. The Morgan fingerprint density at radius 3 is 1.75 bits per heavy atom. The van der Waals surface area contributed by atoms with Crippen LogP contribution < -0.4 is 10.6 Å². The van der Waals surface area contributed by atoms with Crippen molar-refractivity contribution in [2.24, 2.45) is 0 Å². The lowest BCUT2D eigenvalue weighted by Crippen LogP contribution is -2.40. The van der Waals surface area contributed by atoms with E-state index in [1.165, 1.54) is 103 Å². The Labute approximate surface area is 178 Å². The molecule has 1 saturated heterocycles. The summed E-state index contributed by atoms with van der Waals surface area (Å²) < 4.78 is 0. The molecule has 3 N–H and O–H groups in total. The van der Waals surface area contributed by atoms with Crippen molar-refractivity contribution >= 4 is 17.7 Å². The first kappa shape index (κ1) is 25.8. The molecular formula is C23H46N2O2S. The predicted molar refractivity (Wildman–Crippen MR) is 123 cm³/mol. The summed E-state index contributed by atoms with van der Waals surface area (Å²) in [6.45, 7) is 4.20. The summed E-state index contributed by atoms with van der Waals surface area (Å²) >= 11 is 1.71. The smallest absolute Gasteiger partial charge is 0.321 e. The van der Waals surface area contributed by atoms with Crippen LogP contribution in [0.3, 0.4) is 0 Å². The van der Waals surface area contributed by atoms with E-state index >= 15 is 0 Å². The van der Waals surface area contributed by atoms with Crippen molar-refractivity contribution in [3.63, 3.8) is 0 Å². The summed E-state index contributed by atoms with van der Waals surface area (Å²) in [6, 6.07) is -0.368. The normalized spacial score (nSPS) is 19.3. The second-order valence-electron chi connectivity index (χ2n) is 8.39. The number of carboxylic acids is 1. The van der Waals surface area contributed by atoms with Crippen molar-refractivity contribution in [1.29, 1.82) is 0 Å². The molecule has 0 aliphatic carbocycles. The van der Waals surface area contributed by atoms with Crippen LogP contribution >= 0.6 is 11.8 Å². The molecule has 0 spiro atoms. The van der Waals surface area contributed by atoms with Gasteiger partial charge >= 0.3 is 5.97 Å². The quantitative estimate of drug-likeness (QED) is 0.215. The van der Waals surface area contributed by atoms with Crippen LogP contribution in [0.15, 0.2) is 0 Å². The third kappa shape index (κ3) is 14.7. The number of hydrogen-bond donors (Lipinski definition) is 3. The molecule has 1 unspecified atom stereocenters. The van der Waals surface area contributed by atoms with E-state index in [1.807, 2.05) is 0 Å². The Bertz CT molecular complexity index is 369. The van der Waals surface area contributed by atoms with Crippen LogP contribution in [0.25, 0.3) is 0 Å². The first-order valence-electron chi connectivity index (χ1n) is 12.0. The van der Waals surface area contributed by atoms with Gasteiger partial charge in [-0.25, -0.2) is 0 Å². The van der Waals surface area contributed by atoms with Crippen LogP contribution in [-0.4, -0.2) is 41.3 Å². The lowest BCUT2D eigenvalue weighted by molar-refractivity contribution is -0.138. The number of rotatable bonds is 20. The minimum absolute atomic E-state index is 0.252. The van der Waals surface area contributed by atoms with Crippen LogP contribution in [0.2, 0.25) is 0 Å². The number of thioether (sulfide) groups is 1. The van der Waals surface area contributed by atoms with E-state index < -0.39 is 5.97 Å². The van der Waals surface area contributed by atoms with Gasteiger partial charge in [0.05, 0.1) is 5.37 Å². The molecular weight excluding hydrogens is 368 g/mol. The molecule has 166 valence electrons. The van der Waals surface area contributed by atoms with Gasteiger partial charge in [-0.2, -0.15) is 0 Å². The minimum atomic E-state index is -0.729. The number of carboxylic acid groups (broad SMARTS) is 1. The fraction of sp³-hybridized carbons (Fsp3) is 0.957. The Balaban J connectivity index is 1.70. The van der Waals surface area contributed by atoms with E-state index in [2.05, 4.69) is 17.6 Å². The standard InChI is InChI=1S/C23H46N2O2S/c1-2-3-4-5-6-7-8-9-10-11-12-13-14-15-16-17-18-24-19-22-25-21(20-28-22)23(26)27/h21-22,24-25H,2-20H2,1H3,(H,26,27)/t21-,22?/m0/s1. The van der Waals surface area contributed by atoms with Crippen molar-refractivity contribution in [1.82, 2.24) is 10.6 Å². The van der Waals surface area contributed by atoms with E-state index in [1.54, 1.807) is 11.8 Å². The molecule has 1 heterocycles. The second kappa shape index (κ2) is 18.7. The maximum absolute atomic E-state index is 10.9. The number of aliphatic carboxylic acids is 1. The molecule has 1 fully saturated rings. The summed E-state index contributed by atoms with van der Waals surface area (Å²) in [7, 11) is 0. The van der Waals surface area contributed by atoms with E-state index in [-0.39, 0.29) is 11.4 Å². The number of carbonyl (C=O) groups is 1. The lowest BCUT2D eigenvalue weighted by Gasteiger charge is -2.12. The summed E-state index contributed by atoms with van der Waals surface area (Å²) in [5.41, 5.74) is 0.